The van der Waals surface area contributed by atoms with Gasteiger partial charge < -0.3 is 19.7 Å². The van der Waals surface area contributed by atoms with Crippen LogP contribution in [-0.4, -0.2) is 36.1 Å². The molecule has 0 bridgehead atoms. The van der Waals surface area contributed by atoms with Crippen molar-refractivity contribution in [3.05, 3.63) is 88.0 Å². The predicted molar refractivity (Wildman–Crippen MR) is 152 cm³/mol. The fourth-order valence-electron chi connectivity index (χ4n) is 5.04. The number of rotatable bonds is 7. The second kappa shape index (κ2) is 10.8. The first-order chi connectivity index (χ1) is 18.5. The zero-order chi connectivity index (χ0) is 28.6. The lowest BCUT2D eigenvalue weighted by Crippen LogP contribution is -2.29. The average molecular weight is 530 g/mol. The summed E-state index contributed by atoms with van der Waals surface area (Å²) in [6.07, 6.45) is 0. The maximum absolute atomic E-state index is 13.6. The third-order valence-electron chi connectivity index (χ3n) is 7.25. The summed E-state index contributed by atoms with van der Waals surface area (Å²) in [5, 5.41) is 22.3. The van der Waals surface area contributed by atoms with Gasteiger partial charge in [0.15, 0.2) is 11.5 Å². The normalized spacial score (nSPS) is 16.8. The molecule has 1 amide bonds. The topological polar surface area (TPSA) is 96.3 Å². The highest BCUT2D eigenvalue weighted by atomic mass is 16.5. The number of amides is 1. The van der Waals surface area contributed by atoms with E-state index in [1.54, 1.807) is 31.4 Å². The molecule has 3 aromatic rings. The van der Waals surface area contributed by atoms with Gasteiger partial charge in [-0.05, 0) is 77.4 Å². The molecule has 1 aliphatic heterocycles. The summed E-state index contributed by atoms with van der Waals surface area (Å²) in [6, 6.07) is 14.8. The molecule has 1 heterocycles. The Hall–Kier alpha value is -4.26. The first-order valence-corrected chi connectivity index (χ1v) is 13.0. The fourth-order valence-corrected chi connectivity index (χ4v) is 5.04. The Balaban J connectivity index is 1.98. The van der Waals surface area contributed by atoms with E-state index in [0.29, 0.717) is 28.1 Å². The molecule has 2 N–H and O–H groups in total. The number of aliphatic hydroxyl groups excluding tert-OH is 1. The minimum absolute atomic E-state index is 0.0551. The molecule has 0 radical (unpaired) electrons. The number of anilines is 1. The Morgan fingerprint density at radius 2 is 1.51 bits per heavy atom. The minimum atomic E-state index is -0.976. The van der Waals surface area contributed by atoms with Crippen molar-refractivity contribution in [2.45, 2.75) is 52.5 Å². The van der Waals surface area contributed by atoms with Crippen LogP contribution in [0.1, 0.15) is 73.4 Å². The van der Waals surface area contributed by atoms with Crippen LogP contribution in [0.4, 0.5) is 5.69 Å². The van der Waals surface area contributed by atoms with E-state index in [1.807, 2.05) is 45.0 Å². The molecule has 3 aromatic carbocycles. The maximum atomic E-state index is 13.6. The quantitative estimate of drug-likeness (QED) is 0.204. The summed E-state index contributed by atoms with van der Waals surface area (Å²) in [5.41, 5.74) is 3.99. The lowest BCUT2D eigenvalue weighted by atomic mass is 9.90. The highest BCUT2D eigenvalue weighted by Gasteiger charge is 2.47. The van der Waals surface area contributed by atoms with E-state index in [4.69, 9.17) is 9.47 Å². The third-order valence-corrected chi connectivity index (χ3v) is 7.25. The second-order valence-electron chi connectivity index (χ2n) is 10.4. The third kappa shape index (κ3) is 4.97. The van der Waals surface area contributed by atoms with Crippen LogP contribution in [-0.2, 0) is 9.59 Å². The molecule has 39 heavy (non-hydrogen) atoms. The molecule has 0 aromatic heterocycles. The number of phenolic OH excluding ortho intramolecular Hbond substituents is 1. The van der Waals surface area contributed by atoms with Gasteiger partial charge in [-0.3, -0.25) is 14.5 Å². The predicted octanol–water partition coefficient (Wildman–Crippen LogP) is 6.59. The summed E-state index contributed by atoms with van der Waals surface area (Å²) in [7, 11) is 3.03. The molecule has 7 nitrogen and oxygen atoms in total. The molecule has 1 unspecified atom stereocenters. The molecule has 0 saturated carbocycles. The Morgan fingerprint density at radius 1 is 0.872 bits per heavy atom. The van der Waals surface area contributed by atoms with Gasteiger partial charge in [0.2, 0.25) is 0 Å². The van der Waals surface area contributed by atoms with Crippen molar-refractivity contribution < 1.29 is 29.3 Å². The van der Waals surface area contributed by atoms with Gasteiger partial charge in [0.1, 0.15) is 11.5 Å². The van der Waals surface area contributed by atoms with Crippen molar-refractivity contribution in [3.8, 4) is 17.2 Å². The number of phenols is 1. The molecule has 0 aliphatic carbocycles. The van der Waals surface area contributed by atoms with Gasteiger partial charge in [-0.25, -0.2) is 0 Å². The van der Waals surface area contributed by atoms with E-state index < -0.39 is 17.7 Å². The van der Waals surface area contributed by atoms with Gasteiger partial charge in [-0.2, -0.15) is 0 Å². The van der Waals surface area contributed by atoms with Crippen molar-refractivity contribution >= 4 is 23.1 Å². The van der Waals surface area contributed by atoms with Gasteiger partial charge in [0.05, 0.1) is 25.8 Å². The van der Waals surface area contributed by atoms with Crippen LogP contribution in [0.25, 0.3) is 5.76 Å². The van der Waals surface area contributed by atoms with E-state index in [-0.39, 0.29) is 34.7 Å². The van der Waals surface area contributed by atoms with Crippen molar-refractivity contribution in [3.63, 3.8) is 0 Å². The first-order valence-electron chi connectivity index (χ1n) is 13.0. The Labute approximate surface area is 229 Å². The van der Waals surface area contributed by atoms with Crippen molar-refractivity contribution in [2.24, 2.45) is 0 Å². The van der Waals surface area contributed by atoms with Gasteiger partial charge in [-0.15, -0.1) is 0 Å². The number of hydrogen-bond donors (Lipinski definition) is 2. The lowest BCUT2D eigenvalue weighted by molar-refractivity contribution is -0.132. The molecule has 0 spiro atoms. The molecular formula is C32H35NO6. The van der Waals surface area contributed by atoms with E-state index in [0.717, 1.165) is 11.1 Å². The highest BCUT2D eigenvalue weighted by Crippen LogP contribution is 2.45. The highest BCUT2D eigenvalue weighted by molar-refractivity contribution is 6.51. The summed E-state index contributed by atoms with van der Waals surface area (Å²) in [6.45, 7) is 9.98. The summed E-state index contributed by atoms with van der Waals surface area (Å²) in [4.78, 5) is 28.5. The number of carbonyl (C=O) groups is 2. The zero-order valence-electron chi connectivity index (χ0n) is 23.4. The number of benzene rings is 3. The molecule has 4 rings (SSSR count). The van der Waals surface area contributed by atoms with Gasteiger partial charge >= 0.3 is 0 Å². The van der Waals surface area contributed by atoms with Crippen LogP contribution >= 0.6 is 0 Å². The smallest absolute Gasteiger partial charge is 0.300 e. The van der Waals surface area contributed by atoms with Crippen LogP contribution in [0.3, 0.4) is 0 Å². The molecule has 1 fully saturated rings. The Bertz CT molecular complexity index is 1450. The van der Waals surface area contributed by atoms with Gasteiger partial charge in [0, 0.05) is 11.3 Å². The number of aliphatic hydroxyl groups is 1. The van der Waals surface area contributed by atoms with Crippen molar-refractivity contribution in [2.75, 3.05) is 19.1 Å². The fraction of sp³-hybridized carbons (Fsp3) is 0.312. The van der Waals surface area contributed by atoms with Crippen LogP contribution in [0, 0.1) is 6.92 Å². The van der Waals surface area contributed by atoms with Crippen molar-refractivity contribution in [1.29, 1.82) is 0 Å². The molecule has 204 valence electrons. The number of aryl methyl sites for hydroxylation is 1. The number of Topliss-reactive ketones (excluding diaryl/α,β-unsaturated/α-hetero) is 1. The van der Waals surface area contributed by atoms with Crippen LogP contribution < -0.4 is 14.4 Å². The number of methoxy groups -OCH3 is 2. The lowest BCUT2D eigenvalue weighted by Gasteiger charge is -2.26. The standard InChI is InChI=1S/C32H35NO6/c1-17(2)20-8-11-22(12-9-20)33-29(21-10-13-26(38-6)25(34)15-21)28(31(36)32(33)37)30(35)24-16-23(18(3)4)27(39-7)14-19(24)5/h8-18,29,34-35H,1-7H3/b30-28+. The molecular weight excluding hydrogens is 494 g/mol. The zero-order valence-corrected chi connectivity index (χ0v) is 23.4. The molecule has 1 saturated heterocycles. The van der Waals surface area contributed by atoms with E-state index in [1.165, 1.54) is 18.1 Å². The van der Waals surface area contributed by atoms with Crippen LogP contribution in [0.5, 0.6) is 17.2 Å². The van der Waals surface area contributed by atoms with Crippen molar-refractivity contribution in [1.82, 2.24) is 0 Å². The van der Waals surface area contributed by atoms with Gasteiger partial charge in [-0.1, -0.05) is 45.9 Å². The summed E-state index contributed by atoms with van der Waals surface area (Å²) in [5.74, 6) is -0.673. The molecule has 1 aliphatic rings. The second-order valence-corrected chi connectivity index (χ2v) is 10.4. The molecule has 7 heteroatoms. The SMILES string of the molecule is COc1ccc(C2/C(=C(\O)c3cc(C(C)C)c(OC)cc3C)C(=O)C(=O)N2c2ccc(C(C)C)cc2)cc1O. The van der Waals surface area contributed by atoms with E-state index in [2.05, 4.69) is 13.8 Å². The monoisotopic (exact) mass is 529 g/mol. The van der Waals surface area contributed by atoms with E-state index in [9.17, 15) is 19.8 Å². The van der Waals surface area contributed by atoms with Crippen LogP contribution in [0.2, 0.25) is 0 Å². The number of nitrogens with zero attached hydrogens (tertiary/aromatic N) is 1. The first kappa shape index (κ1) is 27.8. The Morgan fingerprint density at radius 3 is 2.05 bits per heavy atom. The summed E-state index contributed by atoms with van der Waals surface area (Å²) < 4.78 is 10.7. The minimum Gasteiger partial charge on any atom is -0.507 e. The number of ether oxygens (including phenoxy) is 2. The van der Waals surface area contributed by atoms with Crippen LogP contribution in [0.15, 0.2) is 60.2 Å². The molecule has 1 atom stereocenters. The number of aromatic hydroxyl groups is 1. The number of ketones is 1. The van der Waals surface area contributed by atoms with E-state index >= 15 is 0 Å². The number of carbonyl (C=O) groups excluding carboxylic acids is 2. The Kier molecular flexibility index (Phi) is 7.72. The van der Waals surface area contributed by atoms with Gasteiger partial charge in [0.25, 0.3) is 11.7 Å². The maximum Gasteiger partial charge on any atom is 0.300 e. The largest absolute Gasteiger partial charge is 0.507 e. The average Bonchev–Trinajstić information content (AvgIpc) is 3.17. The number of hydrogen-bond acceptors (Lipinski definition) is 6. The summed E-state index contributed by atoms with van der Waals surface area (Å²) >= 11 is 0.